The Kier molecular flexibility index (Phi) is 7.43. The van der Waals surface area contributed by atoms with Gasteiger partial charge in [0.15, 0.2) is 0 Å². The van der Waals surface area contributed by atoms with Gasteiger partial charge in [0.25, 0.3) is 0 Å². The van der Waals surface area contributed by atoms with Gasteiger partial charge in [-0.15, -0.1) is 11.3 Å². The van der Waals surface area contributed by atoms with Crippen LogP contribution in [-0.4, -0.2) is 44.9 Å². The Morgan fingerprint density at radius 3 is 2.73 bits per heavy atom. The topological polar surface area (TPSA) is 118 Å². The molecule has 0 saturated carbocycles. The second-order valence-electron chi connectivity index (χ2n) is 7.03. The summed E-state index contributed by atoms with van der Waals surface area (Å²) in [6.07, 6.45) is 3.86. The molecule has 0 aliphatic carbocycles. The highest BCUT2D eigenvalue weighted by molar-refractivity contribution is 7.15. The van der Waals surface area contributed by atoms with Crippen molar-refractivity contribution in [1.29, 1.82) is 0 Å². The minimum absolute atomic E-state index is 0.0991. The van der Waals surface area contributed by atoms with E-state index in [9.17, 15) is 13.2 Å². The Balaban J connectivity index is 1.75. The molecule has 174 valence electrons. The molecule has 9 nitrogen and oxygen atoms in total. The second kappa shape index (κ2) is 10.3. The van der Waals surface area contributed by atoms with Crippen LogP contribution in [0.25, 0.3) is 10.7 Å². The molecule has 0 amide bonds. The molecule has 3 aromatic heterocycles. The van der Waals surface area contributed by atoms with E-state index in [0.717, 1.165) is 10.5 Å². The summed E-state index contributed by atoms with van der Waals surface area (Å²) in [5.74, 6) is -0.0211. The van der Waals surface area contributed by atoms with Crippen molar-refractivity contribution >= 4 is 23.0 Å². The number of hydrogen-bond donors (Lipinski definition) is 2. The van der Waals surface area contributed by atoms with Crippen LogP contribution in [0, 0.1) is 0 Å². The molecule has 0 radical (unpaired) electrons. The number of rotatable bonds is 7. The molecule has 13 heteroatoms. The molecule has 3 heterocycles. The number of hydrogen-bond acceptors (Lipinski definition) is 9. The summed E-state index contributed by atoms with van der Waals surface area (Å²) in [5, 5.41) is 6.47. The average Bonchev–Trinajstić information content (AvgIpc) is 3.42. The summed E-state index contributed by atoms with van der Waals surface area (Å²) >= 11 is 1.28. The fourth-order valence-electron chi connectivity index (χ4n) is 2.40. The van der Waals surface area contributed by atoms with E-state index in [-0.39, 0.29) is 5.82 Å². The zero-order valence-corrected chi connectivity index (χ0v) is 18.8. The maximum absolute atomic E-state index is 12.7. The summed E-state index contributed by atoms with van der Waals surface area (Å²) < 4.78 is 42.3. The number of alkyl halides is 3. The summed E-state index contributed by atoms with van der Waals surface area (Å²) in [5.41, 5.74) is 6.91. The molecule has 0 aliphatic rings. The molecule has 3 N–H and O–H groups in total. The first-order valence-electron chi connectivity index (χ1n) is 9.53. The van der Waals surface area contributed by atoms with Gasteiger partial charge in [-0.1, -0.05) is 5.16 Å². The van der Waals surface area contributed by atoms with E-state index in [1.165, 1.54) is 11.3 Å². The number of nitrogens with zero attached hydrogens (tertiary/aromatic N) is 6. The number of aliphatic imine (C=N–C) groups is 1. The number of thiophene rings is 1. The SMILES string of the molecule is C\C(=C/N=C(\C=C(/N)N(C)C)Nc1cnccn1)Cc1ccc(-c2noc(C(F)(F)F)n2)s1. The standard InChI is InChI=1S/C20H21F3N8OS/c1-12(8-13-4-5-14(33-13)18-29-19(32-30-18)20(21,22)23)10-27-16(9-15(24)31(2)3)28-17-11-25-6-7-26-17/h4-7,9-11H,8,24H2,1-3H3,(H,26,27,28)/b12-10+,15-9+. The summed E-state index contributed by atoms with van der Waals surface area (Å²) in [4.78, 5) is 19.2. The normalized spacial score (nSPS) is 13.3. The molecule has 0 saturated heterocycles. The lowest BCUT2D eigenvalue weighted by Crippen LogP contribution is -2.22. The van der Waals surface area contributed by atoms with Gasteiger partial charge >= 0.3 is 12.1 Å². The van der Waals surface area contributed by atoms with Crippen LogP contribution in [0.1, 0.15) is 17.7 Å². The van der Waals surface area contributed by atoms with Crippen LogP contribution in [-0.2, 0) is 12.6 Å². The Bertz CT molecular complexity index is 1170. The van der Waals surface area contributed by atoms with Crippen LogP contribution in [0.15, 0.2) is 63.9 Å². The van der Waals surface area contributed by atoms with E-state index in [0.29, 0.717) is 28.8 Å². The number of nitrogens with one attached hydrogen (secondary N) is 1. The summed E-state index contributed by atoms with van der Waals surface area (Å²) in [6, 6.07) is 3.45. The molecule has 0 unspecified atom stereocenters. The molecule has 0 atom stereocenters. The summed E-state index contributed by atoms with van der Waals surface area (Å²) in [6.45, 7) is 1.89. The number of allylic oxidation sites excluding steroid dienone is 1. The van der Waals surface area contributed by atoms with Crippen LogP contribution in [0.3, 0.4) is 0 Å². The molecule has 0 fully saturated rings. The smallest absolute Gasteiger partial charge is 0.385 e. The minimum Gasteiger partial charge on any atom is -0.385 e. The number of nitrogens with two attached hydrogens (primary N) is 1. The van der Waals surface area contributed by atoms with Gasteiger partial charge in [0.05, 0.1) is 11.1 Å². The van der Waals surface area contributed by atoms with Gasteiger partial charge in [-0.2, -0.15) is 18.2 Å². The fourth-order valence-corrected chi connectivity index (χ4v) is 3.43. The monoisotopic (exact) mass is 478 g/mol. The Morgan fingerprint density at radius 2 is 2.09 bits per heavy atom. The maximum Gasteiger partial charge on any atom is 0.471 e. The van der Waals surface area contributed by atoms with Gasteiger partial charge in [0.2, 0.25) is 5.82 Å². The van der Waals surface area contributed by atoms with Gasteiger partial charge in [-0.3, -0.25) is 4.98 Å². The van der Waals surface area contributed by atoms with Crippen molar-refractivity contribution < 1.29 is 17.7 Å². The summed E-state index contributed by atoms with van der Waals surface area (Å²) in [7, 11) is 3.62. The molecule has 33 heavy (non-hydrogen) atoms. The van der Waals surface area contributed by atoms with Crippen molar-refractivity contribution in [2.45, 2.75) is 19.5 Å². The second-order valence-corrected chi connectivity index (χ2v) is 8.20. The number of halogens is 3. The average molecular weight is 479 g/mol. The first-order valence-corrected chi connectivity index (χ1v) is 10.3. The van der Waals surface area contributed by atoms with Crippen molar-refractivity contribution in [3.63, 3.8) is 0 Å². The molecular weight excluding hydrogens is 457 g/mol. The van der Waals surface area contributed by atoms with Crippen LogP contribution in [0.2, 0.25) is 0 Å². The van der Waals surface area contributed by atoms with Gasteiger partial charge in [-0.05, 0) is 24.6 Å². The zero-order valence-electron chi connectivity index (χ0n) is 18.0. The van der Waals surface area contributed by atoms with Crippen molar-refractivity contribution in [2.75, 3.05) is 19.4 Å². The first-order chi connectivity index (χ1) is 15.6. The third-order valence-corrected chi connectivity index (χ3v) is 5.13. The Morgan fingerprint density at radius 1 is 1.30 bits per heavy atom. The Hall–Kier alpha value is -3.74. The highest BCUT2D eigenvalue weighted by Gasteiger charge is 2.38. The van der Waals surface area contributed by atoms with Crippen LogP contribution in [0.4, 0.5) is 19.0 Å². The van der Waals surface area contributed by atoms with Crippen LogP contribution < -0.4 is 11.1 Å². The molecule has 3 rings (SSSR count). The third-order valence-electron chi connectivity index (χ3n) is 4.05. The van der Waals surface area contributed by atoms with Crippen molar-refractivity contribution in [3.8, 4) is 10.7 Å². The van der Waals surface area contributed by atoms with E-state index < -0.39 is 12.1 Å². The lowest BCUT2D eigenvalue weighted by Gasteiger charge is -2.13. The van der Waals surface area contributed by atoms with E-state index >= 15 is 0 Å². The van der Waals surface area contributed by atoms with Crippen molar-refractivity contribution in [1.82, 2.24) is 25.0 Å². The van der Waals surface area contributed by atoms with E-state index in [1.807, 2.05) is 21.0 Å². The number of aromatic nitrogens is 4. The third kappa shape index (κ3) is 6.87. The molecule has 0 bridgehead atoms. The lowest BCUT2D eigenvalue weighted by atomic mass is 10.2. The van der Waals surface area contributed by atoms with Gasteiger partial charge in [0.1, 0.15) is 17.5 Å². The van der Waals surface area contributed by atoms with Crippen molar-refractivity contribution in [2.24, 2.45) is 10.7 Å². The van der Waals surface area contributed by atoms with Crippen molar-refractivity contribution in [3.05, 3.63) is 65.2 Å². The quantitative estimate of drug-likeness (QED) is 0.387. The van der Waals surface area contributed by atoms with E-state index in [4.69, 9.17) is 5.73 Å². The lowest BCUT2D eigenvalue weighted by molar-refractivity contribution is -0.159. The first kappa shape index (κ1) is 23.9. The number of anilines is 1. The largest absolute Gasteiger partial charge is 0.471 e. The van der Waals surface area contributed by atoms with E-state index in [1.54, 1.807) is 47.9 Å². The highest BCUT2D eigenvalue weighted by Crippen LogP contribution is 2.32. The van der Waals surface area contributed by atoms with Gasteiger partial charge in [-0.25, -0.2) is 9.98 Å². The zero-order chi connectivity index (χ0) is 24.0. The predicted octanol–water partition coefficient (Wildman–Crippen LogP) is 3.93. The van der Waals surface area contributed by atoms with E-state index in [2.05, 4.69) is 34.9 Å². The number of amidine groups is 1. The van der Waals surface area contributed by atoms with Crippen LogP contribution >= 0.6 is 11.3 Å². The molecule has 0 aliphatic heterocycles. The fraction of sp³-hybridized carbons (Fsp3) is 0.250. The minimum atomic E-state index is -4.68. The molecule has 3 aromatic rings. The van der Waals surface area contributed by atoms with Gasteiger partial charge in [0, 0.05) is 50.1 Å². The van der Waals surface area contributed by atoms with Crippen LogP contribution in [0.5, 0.6) is 0 Å². The van der Waals surface area contributed by atoms with Gasteiger partial charge < -0.3 is 20.5 Å². The Labute approximate surface area is 191 Å². The highest BCUT2D eigenvalue weighted by atomic mass is 32.1. The maximum atomic E-state index is 12.7. The predicted molar refractivity (Wildman–Crippen MR) is 119 cm³/mol. The molecular formula is C20H21F3N8OS. The molecule has 0 aromatic carbocycles. The molecule has 0 spiro atoms.